The Morgan fingerprint density at radius 2 is 1.68 bits per heavy atom. The van der Waals surface area contributed by atoms with Crippen LogP contribution in [-0.2, 0) is 13.9 Å². The number of hydrogen-bond acceptors (Lipinski definition) is 10. The van der Waals surface area contributed by atoms with Crippen LogP contribution in [-0.4, -0.2) is 84.2 Å². The second kappa shape index (κ2) is 7.07. The molecule has 156 valence electrons. The first-order valence-electron chi connectivity index (χ1n) is 7.57. The van der Waals surface area contributed by atoms with Crippen molar-refractivity contribution in [1.82, 2.24) is 19.5 Å². The molecule has 1 aliphatic rings. The van der Waals surface area contributed by atoms with Crippen LogP contribution in [0.15, 0.2) is 12.7 Å². The number of fused-ring (bicyclic) bond motifs is 1. The molecule has 2 aromatic heterocycles. The lowest BCUT2D eigenvalue weighted by atomic mass is 10.1. The van der Waals surface area contributed by atoms with Crippen molar-refractivity contribution >= 4 is 32.2 Å². The van der Waals surface area contributed by atoms with E-state index in [1.807, 2.05) is 0 Å². The van der Waals surface area contributed by atoms with Gasteiger partial charge in [0.1, 0.15) is 36.3 Å². The lowest BCUT2D eigenvalue weighted by Crippen LogP contribution is -2.44. The summed E-state index contributed by atoms with van der Waals surface area (Å²) in [6, 6.07) is 0. The van der Waals surface area contributed by atoms with Crippen molar-refractivity contribution in [2.45, 2.75) is 36.0 Å². The first-order chi connectivity index (χ1) is 12.8. The first-order valence-corrected chi connectivity index (χ1v) is 10.9. The number of aromatic nitrogens is 4. The van der Waals surface area contributed by atoms with E-state index in [2.05, 4.69) is 15.0 Å². The molecule has 28 heavy (non-hydrogen) atoms. The first kappa shape index (κ1) is 21.2. The molecular formula is C11H17N5O10P2. The van der Waals surface area contributed by atoms with Crippen LogP contribution in [0.25, 0.3) is 11.2 Å². The average Bonchev–Trinajstić information content (AvgIpc) is 3.08. The Balaban J connectivity index is 1.97. The van der Waals surface area contributed by atoms with Crippen molar-refractivity contribution in [2.24, 2.45) is 0 Å². The Labute approximate surface area is 155 Å². The largest absolute Gasteiger partial charge is 0.389 e. The van der Waals surface area contributed by atoms with Crippen molar-refractivity contribution < 1.29 is 48.8 Å². The van der Waals surface area contributed by atoms with Crippen molar-refractivity contribution in [3.05, 3.63) is 12.7 Å². The van der Waals surface area contributed by atoms with Crippen LogP contribution in [0.2, 0.25) is 0 Å². The van der Waals surface area contributed by atoms with Crippen molar-refractivity contribution in [3.63, 3.8) is 0 Å². The molecule has 0 spiro atoms. The highest BCUT2D eigenvalue weighted by atomic mass is 31.2. The second-order valence-corrected chi connectivity index (χ2v) is 10.0. The molecule has 1 fully saturated rings. The topological polar surface area (TPSA) is 255 Å². The van der Waals surface area contributed by atoms with E-state index in [1.165, 1.54) is 0 Å². The number of imidazole rings is 1. The molecule has 3 heterocycles. The van der Waals surface area contributed by atoms with E-state index >= 15 is 0 Å². The van der Waals surface area contributed by atoms with Crippen LogP contribution < -0.4 is 5.73 Å². The minimum Gasteiger partial charge on any atom is -0.389 e. The van der Waals surface area contributed by atoms with E-state index in [1.54, 1.807) is 0 Å². The number of anilines is 1. The number of nitrogens with zero attached hydrogens (tertiary/aromatic N) is 4. The van der Waals surface area contributed by atoms with Gasteiger partial charge in [-0.15, -0.1) is 0 Å². The predicted molar refractivity (Wildman–Crippen MR) is 89.5 cm³/mol. The van der Waals surface area contributed by atoms with Crippen LogP contribution in [0, 0.1) is 0 Å². The second-order valence-electron chi connectivity index (χ2n) is 6.14. The van der Waals surface area contributed by atoms with Gasteiger partial charge in [-0.2, -0.15) is 0 Å². The summed E-state index contributed by atoms with van der Waals surface area (Å²) < 4.78 is 29.4. The molecule has 0 amide bonds. The van der Waals surface area contributed by atoms with Gasteiger partial charge in [-0.05, 0) is 0 Å². The quantitative estimate of drug-likeness (QED) is 0.216. The molecule has 0 aromatic carbocycles. The SMILES string of the molecule is Nc1ncnc2c1ncn2[C@@H]1O[C@H](C(O)C(P(=O)(O)O)P(=O)(O)O)[C@@H](O)[C@H]1O. The number of ether oxygens (including phenoxy) is 1. The standard InChI is InChI=1S/C11H17N5O10P2/c12-8-3-9(14-1-13-8)16(2-15-3)10-5(18)4(17)7(26-10)6(19)11(27(20,21)22)28(23,24)25/h1-2,4-7,10-11,17-19H,(H2,12,13,14)(H2,20,21,22)(H2,23,24,25)/t4-,5+,6?,7-,10+/m0/s1. The molecule has 17 heteroatoms. The summed E-state index contributed by atoms with van der Waals surface area (Å²) in [5.74, 6) is 0.0106. The van der Waals surface area contributed by atoms with E-state index in [-0.39, 0.29) is 17.0 Å². The Hall–Kier alpha value is -1.51. The van der Waals surface area contributed by atoms with E-state index in [0.29, 0.717) is 0 Å². The zero-order chi connectivity index (χ0) is 21.0. The van der Waals surface area contributed by atoms with Crippen molar-refractivity contribution in [1.29, 1.82) is 0 Å². The minimum atomic E-state index is -5.52. The number of aliphatic hydroxyl groups excluding tert-OH is 3. The third kappa shape index (κ3) is 3.57. The van der Waals surface area contributed by atoms with Crippen LogP contribution in [0.5, 0.6) is 0 Å². The monoisotopic (exact) mass is 441 g/mol. The summed E-state index contributed by atoms with van der Waals surface area (Å²) in [5.41, 5.74) is 5.87. The highest BCUT2D eigenvalue weighted by molar-refractivity contribution is 7.71. The van der Waals surface area contributed by atoms with Crippen LogP contribution in [0.3, 0.4) is 0 Å². The molecule has 1 unspecified atom stereocenters. The lowest BCUT2D eigenvalue weighted by molar-refractivity contribution is -0.0815. The van der Waals surface area contributed by atoms with E-state index in [4.69, 9.17) is 10.5 Å². The normalized spacial score (nSPS) is 27.6. The Bertz CT molecular complexity index is 952. The summed E-state index contributed by atoms with van der Waals surface area (Å²) in [7, 11) is -11.0. The van der Waals surface area contributed by atoms with Gasteiger partial charge in [0.15, 0.2) is 23.1 Å². The maximum absolute atomic E-state index is 11.5. The zero-order valence-electron chi connectivity index (χ0n) is 13.7. The number of rotatable bonds is 5. The lowest BCUT2D eigenvalue weighted by Gasteiger charge is -2.29. The highest BCUT2D eigenvalue weighted by Crippen LogP contribution is 2.62. The number of nitrogens with two attached hydrogens (primary N) is 1. The number of aliphatic hydroxyl groups is 3. The average molecular weight is 441 g/mol. The summed E-state index contributed by atoms with van der Waals surface area (Å²) in [4.78, 5) is 48.5. The summed E-state index contributed by atoms with van der Waals surface area (Å²) >= 11 is 0. The van der Waals surface area contributed by atoms with Gasteiger partial charge in [0.05, 0.1) is 6.33 Å². The van der Waals surface area contributed by atoms with Crippen molar-refractivity contribution in [3.8, 4) is 0 Å². The van der Waals surface area contributed by atoms with Crippen molar-refractivity contribution in [2.75, 3.05) is 5.73 Å². The van der Waals surface area contributed by atoms with Gasteiger partial charge in [-0.3, -0.25) is 13.7 Å². The number of nitrogen functional groups attached to an aromatic ring is 1. The van der Waals surface area contributed by atoms with Gasteiger partial charge in [0, 0.05) is 0 Å². The highest BCUT2D eigenvalue weighted by Gasteiger charge is 2.57. The molecular weight excluding hydrogens is 424 g/mol. The van der Waals surface area contributed by atoms with E-state index < -0.39 is 51.2 Å². The van der Waals surface area contributed by atoms with Crippen LogP contribution in [0.1, 0.15) is 6.23 Å². The predicted octanol–water partition coefficient (Wildman–Crippen LogP) is -2.93. The third-order valence-electron chi connectivity index (χ3n) is 4.27. The molecule has 9 N–H and O–H groups in total. The molecule has 0 radical (unpaired) electrons. The maximum atomic E-state index is 11.5. The molecule has 5 atom stereocenters. The Kier molecular flexibility index (Phi) is 5.36. The minimum absolute atomic E-state index is 0.0106. The molecule has 0 aliphatic carbocycles. The molecule has 15 nitrogen and oxygen atoms in total. The summed E-state index contributed by atoms with van der Waals surface area (Å²) in [6.45, 7) is 0. The van der Waals surface area contributed by atoms with Crippen LogP contribution in [0.4, 0.5) is 5.82 Å². The smallest absolute Gasteiger partial charge is 0.343 e. The summed E-state index contributed by atoms with van der Waals surface area (Å²) in [6.07, 6.45) is -7.39. The zero-order valence-corrected chi connectivity index (χ0v) is 15.5. The maximum Gasteiger partial charge on any atom is 0.343 e. The molecule has 1 aliphatic heterocycles. The van der Waals surface area contributed by atoms with Gasteiger partial charge in [0.25, 0.3) is 0 Å². The van der Waals surface area contributed by atoms with E-state index in [0.717, 1.165) is 17.2 Å². The van der Waals surface area contributed by atoms with Crippen LogP contribution >= 0.6 is 15.2 Å². The molecule has 1 saturated heterocycles. The molecule has 0 bridgehead atoms. The van der Waals surface area contributed by atoms with Gasteiger partial charge >= 0.3 is 15.2 Å². The molecule has 3 rings (SSSR count). The fraction of sp³-hybridized carbons (Fsp3) is 0.545. The van der Waals surface area contributed by atoms with Gasteiger partial charge in [-0.1, -0.05) is 0 Å². The van der Waals surface area contributed by atoms with Gasteiger partial charge < -0.3 is 45.4 Å². The van der Waals surface area contributed by atoms with Gasteiger partial charge in [0.2, 0.25) is 0 Å². The van der Waals surface area contributed by atoms with E-state index in [9.17, 15) is 44.0 Å². The summed E-state index contributed by atoms with van der Waals surface area (Å²) in [5, 5.41) is 27.8. The molecule has 2 aromatic rings. The number of hydrogen-bond donors (Lipinski definition) is 8. The molecule has 0 saturated carbocycles. The Morgan fingerprint density at radius 1 is 1.07 bits per heavy atom. The fourth-order valence-electron chi connectivity index (χ4n) is 3.02. The Morgan fingerprint density at radius 3 is 2.25 bits per heavy atom. The third-order valence-corrected chi connectivity index (χ3v) is 8.06. The fourth-order valence-corrected chi connectivity index (χ4v) is 5.72. The van der Waals surface area contributed by atoms with Gasteiger partial charge in [-0.25, -0.2) is 15.0 Å².